The Kier molecular flexibility index (Phi) is 8.96. The normalized spacial score (nSPS) is 19.4. The van der Waals surface area contributed by atoms with Crippen molar-refractivity contribution >= 4 is 17.8 Å². The highest BCUT2D eigenvalue weighted by molar-refractivity contribution is 5.94. The number of rotatable bonds is 7. The molecule has 160 valence electrons. The lowest BCUT2D eigenvalue weighted by Crippen LogP contribution is -2.45. The lowest BCUT2D eigenvalue weighted by Gasteiger charge is -2.29. The number of amides is 1. The summed E-state index contributed by atoms with van der Waals surface area (Å²) in [7, 11) is 5.27. The summed E-state index contributed by atoms with van der Waals surface area (Å²) in [5.74, 6) is 0.740. The van der Waals surface area contributed by atoms with Crippen LogP contribution in [0.25, 0.3) is 0 Å². The minimum atomic E-state index is -0.0663. The highest BCUT2D eigenvalue weighted by atomic mass is 16.5. The molecule has 1 aromatic carbocycles. The fraction of sp³-hybridized carbons (Fsp3) is 0.591. The predicted molar refractivity (Wildman–Crippen MR) is 115 cm³/mol. The standard InChI is InChI=1S/C22H34N4O3/c1-5-29-21(28)17-9-11-19(12-10-17)25-22(23-2)24-14-13-16-7-6-8-18(15-16)20(27)26(3)4/h6-8,15,17,19H,5,9-14H2,1-4H3,(H2,23,24,25). The van der Waals surface area contributed by atoms with Crippen LogP contribution >= 0.6 is 0 Å². The summed E-state index contributed by atoms with van der Waals surface area (Å²) in [4.78, 5) is 29.9. The lowest BCUT2D eigenvalue weighted by molar-refractivity contribution is -0.149. The van der Waals surface area contributed by atoms with Gasteiger partial charge in [-0.15, -0.1) is 0 Å². The van der Waals surface area contributed by atoms with Gasteiger partial charge in [0.2, 0.25) is 0 Å². The molecular weight excluding hydrogens is 368 g/mol. The van der Waals surface area contributed by atoms with Gasteiger partial charge in [-0.2, -0.15) is 0 Å². The highest BCUT2D eigenvalue weighted by Crippen LogP contribution is 2.25. The van der Waals surface area contributed by atoms with Crippen LogP contribution in [0.4, 0.5) is 0 Å². The van der Waals surface area contributed by atoms with Crippen molar-refractivity contribution < 1.29 is 14.3 Å². The number of nitrogens with one attached hydrogen (secondary N) is 2. The van der Waals surface area contributed by atoms with Crippen molar-refractivity contribution in [1.29, 1.82) is 0 Å². The van der Waals surface area contributed by atoms with Crippen LogP contribution in [0.1, 0.15) is 48.5 Å². The first-order chi connectivity index (χ1) is 13.9. The molecule has 2 rings (SSSR count). The van der Waals surface area contributed by atoms with Gasteiger partial charge in [-0.1, -0.05) is 12.1 Å². The summed E-state index contributed by atoms with van der Waals surface area (Å²) in [5.41, 5.74) is 1.81. The number of benzene rings is 1. The number of carbonyl (C=O) groups excluding carboxylic acids is 2. The number of hydrogen-bond donors (Lipinski definition) is 2. The molecule has 0 atom stereocenters. The molecular formula is C22H34N4O3. The monoisotopic (exact) mass is 402 g/mol. The van der Waals surface area contributed by atoms with Crippen molar-refractivity contribution in [2.75, 3.05) is 34.3 Å². The minimum absolute atomic E-state index is 0.00991. The Balaban J connectivity index is 1.77. The van der Waals surface area contributed by atoms with E-state index < -0.39 is 0 Å². The Morgan fingerprint density at radius 1 is 1.21 bits per heavy atom. The lowest BCUT2D eigenvalue weighted by atomic mass is 9.86. The van der Waals surface area contributed by atoms with Crippen LogP contribution in [-0.4, -0.2) is 63.1 Å². The second-order valence-corrected chi connectivity index (χ2v) is 7.59. The average Bonchev–Trinajstić information content (AvgIpc) is 2.73. The molecule has 1 aromatic rings. The van der Waals surface area contributed by atoms with E-state index in [2.05, 4.69) is 15.6 Å². The third-order valence-electron chi connectivity index (χ3n) is 5.20. The van der Waals surface area contributed by atoms with E-state index in [1.54, 1.807) is 26.0 Å². The Labute approximate surface area is 173 Å². The Morgan fingerprint density at radius 2 is 1.93 bits per heavy atom. The SMILES string of the molecule is CCOC(=O)C1CCC(NC(=NC)NCCc2cccc(C(=O)N(C)C)c2)CC1. The van der Waals surface area contributed by atoms with E-state index in [9.17, 15) is 9.59 Å². The molecule has 29 heavy (non-hydrogen) atoms. The second kappa shape index (κ2) is 11.4. The summed E-state index contributed by atoms with van der Waals surface area (Å²) in [6.07, 6.45) is 4.35. The van der Waals surface area contributed by atoms with Gasteiger partial charge in [0.05, 0.1) is 12.5 Å². The van der Waals surface area contributed by atoms with Crippen LogP contribution in [0.2, 0.25) is 0 Å². The van der Waals surface area contributed by atoms with Gasteiger partial charge in [-0.3, -0.25) is 14.6 Å². The van der Waals surface area contributed by atoms with E-state index in [4.69, 9.17) is 4.74 Å². The van der Waals surface area contributed by atoms with Crippen molar-refractivity contribution in [3.63, 3.8) is 0 Å². The number of guanidine groups is 1. The van der Waals surface area contributed by atoms with Crippen LogP contribution < -0.4 is 10.6 Å². The first kappa shape index (κ1) is 22.7. The number of carbonyl (C=O) groups is 2. The zero-order valence-electron chi connectivity index (χ0n) is 18.0. The molecule has 0 heterocycles. The summed E-state index contributed by atoms with van der Waals surface area (Å²) in [6.45, 7) is 3.01. The van der Waals surface area contributed by atoms with Gasteiger partial charge in [0.25, 0.3) is 5.91 Å². The van der Waals surface area contributed by atoms with Crippen molar-refractivity contribution in [2.24, 2.45) is 10.9 Å². The zero-order valence-corrected chi connectivity index (χ0v) is 18.0. The third-order valence-corrected chi connectivity index (χ3v) is 5.20. The molecule has 0 aliphatic heterocycles. The first-order valence-electron chi connectivity index (χ1n) is 10.4. The zero-order chi connectivity index (χ0) is 21.2. The number of esters is 1. The van der Waals surface area contributed by atoms with Crippen LogP contribution in [0, 0.1) is 5.92 Å². The fourth-order valence-electron chi connectivity index (χ4n) is 3.56. The van der Waals surface area contributed by atoms with Gasteiger partial charge < -0.3 is 20.3 Å². The van der Waals surface area contributed by atoms with Crippen molar-refractivity contribution in [2.45, 2.75) is 45.1 Å². The van der Waals surface area contributed by atoms with Gasteiger partial charge in [0, 0.05) is 39.3 Å². The number of ether oxygens (including phenoxy) is 1. The molecule has 0 unspecified atom stereocenters. The van der Waals surface area contributed by atoms with Gasteiger partial charge in [-0.25, -0.2) is 0 Å². The molecule has 0 bridgehead atoms. The largest absolute Gasteiger partial charge is 0.466 e. The topological polar surface area (TPSA) is 83.0 Å². The van der Waals surface area contributed by atoms with E-state index in [1.807, 2.05) is 31.2 Å². The van der Waals surface area contributed by atoms with Gasteiger partial charge in [0.15, 0.2) is 5.96 Å². The average molecular weight is 403 g/mol. The summed E-state index contributed by atoms with van der Waals surface area (Å²) < 4.78 is 5.13. The van der Waals surface area contributed by atoms with Crippen LogP contribution in [-0.2, 0) is 16.0 Å². The number of hydrogen-bond acceptors (Lipinski definition) is 4. The first-order valence-corrected chi connectivity index (χ1v) is 10.4. The van der Waals surface area contributed by atoms with E-state index in [0.717, 1.165) is 50.2 Å². The molecule has 1 aliphatic carbocycles. The van der Waals surface area contributed by atoms with E-state index in [1.165, 1.54) is 0 Å². The van der Waals surface area contributed by atoms with Gasteiger partial charge in [0.1, 0.15) is 0 Å². The second-order valence-electron chi connectivity index (χ2n) is 7.59. The minimum Gasteiger partial charge on any atom is -0.466 e. The molecule has 2 N–H and O–H groups in total. The summed E-state index contributed by atoms with van der Waals surface area (Å²) in [5, 5.41) is 6.80. The molecule has 0 spiro atoms. The van der Waals surface area contributed by atoms with Crippen molar-refractivity contribution in [3.05, 3.63) is 35.4 Å². The van der Waals surface area contributed by atoms with E-state index >= 15 is 0 Å². The molecule has 1 fully saturated rings. The molecule has 0 saturated heterocycles. The third kappa shape index (κ3) is 7.07. The summed E-state index contributed by atoms with van der Waals surface area (Å²) >= 11 is 0. The van der Waals surface area contributed by atoms with Crippen molar-refractivity contribution in [1.82, 2.24) is 15.5 Å². The Bertz CT molecular complexity index is 710. The molecule has 0 radical (unpaired) electrons. The van der Waals surface area contributed by atoms with E-state index in [0.29, 0.717) is 18.2 Å². The van der Waals surface area contributed by atoms with Crippen LogP contribution in [0.5, 0.6) is 0 Å². The predicted octanol–water partition coefficient (Wildman–Crippen LogP) is 2.22. The van der Waals surface area contributed by atoms with E-state index in [-0.39, 0.29) is 17.8 Å². The summed E-state index contributed by atoms with van der Waals surface area (Å²) in [6, 6.07) is 8.04. The highest BCUT2D eigenvalue weighted by Gasteiger charge is 2.27. The molecule has 7 heteroatoms. The quantitative estimate of drug-likeness (QED) is 0.415. The maximum atomic E-state index is 12.1. The van der Waals surface area contributed by atoms with Gasteiger partial charge >= 0.3 is 5.97 Å². The fourth-order valence-corrected chi connectivity index (χ4v) is 3.56. The van der Waals surface area contributed by atoms with Crippen LogP contribution in [0.3, 0.4) is 0 Å². The smallest absolute Gasteiger partial charge is 0.308 e. The Morgan fingerprint density at radius 3 is 2.55 bits per heavy atom. The molecule has 7 nitrogen and oxygen atoms in total. The van der Waals surface area contributed by atoms with Gasteiger partial charge in [-0.05, 0) is 56.7 Å². The maximum absolute atomic E-state index is 12.1. The molecule has 1 saturated carbocycles. The molecule has 1 amide bonds. The Hall–Kier alpha value is -2.57. The van der Waals surface area contributed by atoms with Crippen LogP contribution in [0.15, 0.2) is 29.3 Å². The molecule has 0 aromatic heterocycles. The molecule has 1 aliphatic rings. The maximum Gasteiger partial charge on any atom is 0.308 e. The number of nitrogens with zero attached hydrogens (tertiary/aromatic N) is 2. The number of aliphatic imine (C=N–C) groups is 1. The van der Waals surface area contributed by atoms with Crippen molar-refractivity contribution in [3.8, 4) is 0 Å².